The first-order valence-corrected chi connectivity index (χ1v) is 6.71. The number of aryl methyl sites for hydroxylation is 1. The molecule has 1 amide bonds. The standard InChI is InChI=1S/C14H22N4O/c1-10-8-13(11(2)15)9-16-14(10)18-6-4-17(5-7-18)12(3)19/h8-9,11H,4-7,15H2,1-3H3/t11-/m1/s1. The number of carbonyl (C=O) groups is 1. The van der Waals surface area contributed by atoms with Crippen molar-refractivity contribution in [3.63, 3.8) is 0 Å². The Morgan fingerprint density at radius 1 is 1.37 bits per heavy atom. The molecule has 19 heavy (non-hydrogen) atoms. The Labute approximate surface area is 114 Å². The molecule has 0 aliphatic carbocycles. The molecule has 1 aliphatic heterocycles. The van der Waals surface area contributed by atoms with Crippen LogP contribution in [-0.2, 0) is 4.79 Å². The summed E-state index contributed by atoms with van der Waals surface area (Å²) in [5, 5.41) is 0. The Morgan fingerprint density at radius 2 is 2.00 bits per heavy atom. The van der Waals surface area contributed by atoms with Gasteiger partial charge in [-0.15, -0.1) is 0 Å². The molecule has 1 aliphatic rings. The van der Waals surface area contributed by atoms with Gasteiger partial charge >= 0.3 is 0 Å². The lowest BCUT2D eigenvalue weighted by molar-refractivity contribution is -0.129. The van der Waals surface area contributed by atoms with Gasteiger partial charge in [0.25, 0.3) is 0 Å². The molecule has 104 valence electrons. The SMILES string of the molecule is CC(=O)N1CCN(c2ncc([C@@H](C)N)cc2C)CC1. The van der Waals surface area contributed by atoms with Crippen molar-refractivity contribution in [3.8, 4) is 0 Å². The molecule has 5 heteroatoms. The number of carbonyl (C=O) groups excluding carboxylic acids is 1. The molecule has 1 saturated heterocycles. The molecule has 2 rings (SSSR count). The van der Waals surface area contributed by atoms with Gasteiger partial charge in [-0.3, -0.25) is 4.79 Å². The zero-order valence-electron chi connectivity index (χ0n) is 11.9. The summed E-state index contributed by atoms with van der Waals surface area (Å²) in [6, 6.07) is 2.11. The summed E-state index contributed by atoms with van der Waals surface area (Å²) >= 11 is 0. The van der Waals surface area contributed by atoms with Crippen molar-refractivity contribution in [2.24, 2.45) is 5.73 Å². The fourth-order valence-corrected chi connectivity index (χ4v) is 2.40. The molecule has 1 fully saturated rings. The van der Waals surface area contributed by atoms with E-state index in [1.165, 1.54) is 0 Å². The predicted molar refractivity (Wildman–Crippen MR) is 76.0 cm³/mol. The smallest absolute Gasteiger partial charge is 0.219 e. The summed E-state index contributed by atoms with van der Waals surface area (Å²) in [7, 11) is 0. The van der Waals surface area contributed by atoms with E-state index in [1.807, 2.05) is 18.0 Å². The van der Waals surface area contributed by atoms with Crippen molar-refractivity contribution in [2.75, 3.05) is 31.1 Å². The second-order valence-electron chi connectivity index (χ2n) is 5.19. The molecule has 2 N–H and O–H groups in total. The topological polar surface area (TPSA) is 62.5 Å². The summed E-state index contributed by atoms with van der Waals surface area (Å²) < 4.78 is 0. The van der Waals surface area contributed by atoms with E-state index in [0.29, 0.717) is 0 Å². The van der Waals surface area contributed by atoms with Crippen molar-refractivity contribution in [3.05, 3.63) is 23.4 Å². The molecule has 0 unspecified atom stereocenters. The van der Waals surface area contributed by atoms with Gasteiger partial charge in [0.15, 0.2) is 0 Å². The number of aromatic nitrogens is 1. The van der Waals surface area contributed by atoms with Crippen LogP contribution in [-0.4, -0.2) is 42.0 Å². The highest BCUT2D eigenvalue weighted by molar-refractivity contribution is 5.73. The van der Waals surface area contributed by atoms with E-state index in [2.05, 4.69) is 22.9 Å². The first-order chi connectivity index (χ1) is 8.99. The normalized spacial score (nSPS) is 17.5. The number of rotatable bonds is 2. The van der Waals surface area contributed by atoms with Crippen LogP contribution >= 0.6 is 0 Å². The van der Waals surface area contributed by atoms with Crippen molar-refractivity contribution in [1.29, 1.82) is 0 Å². The van der Waals surface area contributed by atoms with E-state index < -0.39 is 0 Å². The second kappa shape index (κ2) is 5.57. The number of pyridine rings is 1. The lowest BCUT2D eigenvalue weighted by Gasteiger charge is -2.35. The van der Waals surface area contributed by atoms with Crippen molar-refractivity contribution in [1.82, 2.24) is 9.88 Å². The number of nitrogens with zero attached hydrogens (tertiary/aromatic N) is 3. The lowest BCUT2D eigenvalue weighted by Crippen LogP contribution is -2.48. The Bertz CT molecular complexity index is 465. The van der Waals surface area contributed by atoms with Gasteiger partial charge in [0.05, 0.1) is 0 Å². The highest BCUT2D eigenvalue weighted by Crippen LogP contribution is 2.21. The summed E-state index contributed by atoms with van der Waals surface area (Å²) in [6.45, 7) is 8.86. The van der Waals surface area contributed by atoms with Gasteiger partial charge in [-0.05, 0) is 31.0 Å². The average molecular weight is 262 g/mol. The maximum absolute atomic E-state index is 11.3. The summed E-state index contributed by atoms with van der Waals surface area (Å²) in [5.41, 5.74) is 8.07. The molecule has 5 nitrogen and oxygen atoms in total. The van der Waals surface area contributed by atoms with Gasteiger partial charge in [0.2, 0.25) is 5.91 Å². The van der Waals surface area contributed by atoms with E-state index >= 15 is 0 Å². The highest BCUT2D eigenvalue weighted by Gasteiger charge is 2.20. The molecule has 0 spiro atoms. The predicted octanol–water partition coefficient (Wildman–Crippen LogP) is 1.08. The fourth-order valence-electron chi connectivity index (χ4n) is 2.40. The van der Waals surface area contributed by atoms with Gasteiger partial charge in [-0.2, -0.15) is 0 Å². The van der Waals surface area contributed by atoms with E-state index in [-0.39, 0.29) is 11.9 Å². The van der Waals surface area contributed by atoms with Crippen LogP contribution < -0.4 is 10.6 Å². The molecule has 1 aromatic heterocycles. The zero-order valence-corrected chi connectivity index (χ0v) is 11.9. The first kappa shape index (κ1) is 13.8. The van der Waals surface area contributed by atoms with Crippen molar-refractivity contribution < 1.29 is 4.79 Å². The number of nitrogens with two attached hydrogens (primary N) is 1. The number of hydrogen-bond acceptors (Lipinski definition) is 4. The average Bonchev–Trinajstić information content (AvgIpc) is 2.38. The van der Waals surface area contributed by atoms with Crippen LogP contribution in [0.15, 0.2) is 12.3 Å². The molecule has 0 radical (unpaired) electrons. The van der Waals surface area contributed by atoms with Crippen LogP contribution in [0.5, 0.6) is 0 Å². The van der Waals surface area contributed by atoms with Gasteiger partial charge in [-0.25, -0.2) is 4.98 Å². The molecule has 1 atom stereocenters. The minimum Gasteiger partial charge on any atom is -0.353 e. The molecule has 1 aromatic rings. The van der Waals surface area contributed by atoms with E-state index in [0.717, 1.165) is 43.1 Å². The first-order valence-electron chi connectivity index (χ1n) is 6.71. The Morgan fingerprint density at radius 3 is 2.47 bits per heavy atom. The van der Waals surface area contributed by atoms with Crippen LogP contribution in [0.3, 0.4) is 0 Å². The molecule has 0 aromatic carbocycles. The van der Waals surface area contributed by atoms with Gasteiger partial charge in [-0.1, -0.05) is 0 Å². The number of anilines is 1. The second-order valence-corrected chi connectivity index (χ2v) is 5.19. The minimum atomic E-state index is 0.00908. The Hall–Kier alpha value is -1.62. The Balaban J connectivity index is 2.09. The monoisotopic (exact) mass is 262 g/mol. The molecular formula is C14H22N4O. The summed E-state index contributed by atoms with van der Waals surface area (Å²) in [6.07, 6.45) is 1.85. The molecule has 0 bridgehead atoms. The minimum absolute atomic E-state index is 0.00908. The third-order valence-electron chi connectivity index (χ3n) is 3.62. The van der Waals surface area contributed by atoms with Crippen molar-refractivity contribution >= 4 is 11.7 Å². The third kappa shape index (κ3) is 3.04. The zero-order chi connectivity index (χ0) is 14.0. The van der Waals surface area contributed by atoms with Gasteiger partial charge < -0.3 is 15.5 Å². The van der Waals surface area contributed by atoms with Crippen LogP contribution in [0.4, 0.5) is 5.82 Å². The number of hydrogen-bond donors (Lipinski definition) is 1. The van der Waals surface area contributed by atoms with Crippen LogP contribution in [0.1, 0.15) is 31.0 Å². The lowest BCUT2D eigenvalue weighted by atomic mass is 10.1. The van der Waals surface area contributed by atoms with Crippen LogP contribution in [0, 0.1) is 6.92 Å². The Kier molecular flexibility index (Phi) is 4.04. The molecule has 0 saturated carbocycles. The van der Waals surface area contributed by atoms with Crippen LogP contribution in [0.2, 0.25) is 0 Å². The van der Waals surface area contributed by atoms with E-state index in [4.69, 9.17) is 5.73 Å². The quantitative estimate of drug-likeness (QED) is 0.866. The molecule has 2 heterocycles. The van der Waals surface area contributed by atoms with Crippen molar-refractivity contribution in [2.45, 2.75) is 26.8 Å². The van der Waals surface area contributed by atoms with E-state index in [1.54, 1.807) is 6.92 Å². The summed E-state index contributed by atoms with van der Waals surface area (Å²) in [4.78, 5) is 20.0. The third-order valence-corrected chi connectivity index (χ3v) is 3.62. The maximum Gasteiger partial charge on any atom is 0.219 e. The van der Waals surface area contributed by atoms with Gasteiger partial charge in [0.1, 0.15) is 5.82 Å². The van der Waals surface area contributed by atoms with E-state index in [9.17, 15) is 4.79 Å². The maximum atomic E-state index is 11.3. The fraction of sp³-hybridized carbons (Fsp3) is 0.571. The van der Waals surface area contributed by atoms with Crippen LogP contribution in [0.25, 0.3) is 0 Å². The number of amides is 1. The largest absolute Gasteiger partial charge is 0.353 e. The highest BCUT2D eigenvalue weighted by atomic mass is 16.2. The molecular weight excluding hydrogens is 240 g/mol. The summed E-state index contributed by atoms with van der Waals surface area (Å²) in [5.74, 6) is 1.16. The number of piperazine rings is 1. The van der Waals surface area contributed by atoms with Gasteiger partial charge in [0, 0.05) is 45.3 Å².